The fourth-order valence-corrected chi connectivity index (χ4v) is 1.71. The fraction of sp³-hybridized carbons (Fsp3) is 0.533. The maximum absolute atomic E-state index is 11.9. The molecule has 2 N–H and O–H groups in total. The van der Waals surface area contributed by atoms with Crippen molar-refractivity contribution in [2.24, 2.45) is 0 Å². The Bertz CT molecular complexity index is 365. The summed E-state index contributed by atoms with van der Waals surface area (Å²) < 4.78 is 5.64. The molecule has 106 valence electrons. The summed E-state index contributed by atoms with van der Waals surface area (Å²) in [7, 11) is 0. The first kappa shape index (κ1) is 15.5. The highest BCUT2D eigenvalue weighted by Gasteiger charge is 2.17. The molecule has 0 saturated heterocycles. The van der Waals surface area contributed by atoms with Crippen LogP contribution in [0.5, 0.6) is 5.75 Å². The Morgan fingerprint density at radius 1 is 1.37 bits per heavy atom. The van der Waals surface area contributed by atoms with Crippen LogP contribution in [0.2, 0.25) is 0 Å². The topological polar surface area (TPSA) is 58.6 Å². The van der Waals surface area contributed by atoms with Crippen LogP contribution in [-0.2, 0) is 4.79 Å². The van der Waals surface area contributed by atoms with Gasteiger partial charge in [0.05, 0.1) is 6.10 Å². The molecule has 0 aliphatic rings. The number of amides is 1. The molecule has 0 bridgehead atoms. The predicted molar refractivity (Wildman–Crippen MR) is 75.1 cm³/mol. The Kier molecular flexibility index (Phi) is 6.97. The molecule has 2 atom stereocenters. The van der Waals surface area contributed by atoms with E-state index in [0.29, 0.717) is 25.1 Å². The molecule has 0 aliphatic carbocycles. The molecule has 19 heavy (non-hydrogen) atoms. The third kappa shape index (κ3) is 6.25. The van der Waals surface area contributed by atoms with Crippen molar-refractivity contribution in [2.45, 2.75) is 45.3 Å². The van der Waals surface area contributed by atoms with Crippen molar-refractivity contribution >= 4 is 5.91 Å². The lowest BCUT2D eigenvalue weighted by atomic mass is 10.2. The highest BCUT2D eigenvalue weighted by Crippen LogP contribution is 2.12. The molecule has 1 rings (SSSR count). The Labute approximate surface area is 114 Å². The Morgan fingerprint density at radius 2 is 2.05 bits per heavy atom. The van der Waals surface area contributed by atoms with E-state index in [1.807, 2.05) is 37.3 Å². The summed E-state index contributed by atoms with van der Waals surface area (Å²) in [5.74, 6) is 0.602. The zero-order valence-electron chi connectivity index (χ0n) is 11.6. The highest BCUT2D eigenvalue weighted by atomic mass is 16.5. The second kappa shape index (κ2) is 8.53. The number of para-hydroxylation sites is 1. The lowest BCUT2D eigenvalue weighted by molar-refractivity contribution is -0.128. The van der Waals surface area contributed by atoms with Gasteiger partial charge in [0.2, 0.25) is 0 Å². The normalized spacial score (nSPS) is 13.6. The van der Waals surface area contributed by atoms with E-state index in [1.165, 1.54) is 0 Å². The number of nitrogens with one attached hydrogen (secondary N) is 1. The molecular weight excluding hydrogens is 242 g/mol. The number of benzene rings is 1. The van der Waals surface area contributed by atoms with Gasteiger partial charge >= 0.3 is 0 Å². The van der Waals surface area contributed by atoms with E-state index in [-0.39, 0.29) is 12.0 Å². The van der Waals surface area contributed by atoms with Gasteiger partial charge in [-0.1, -0.05) is 25.1 Å². The molecule has 4 heteroatoms. The van der Waals surface area contributed by atoms with Crippen molar-refractivity contribution in [1.29, 1.82) is 0 Å². The van der Waals surface area contributed by atoms with Gasteiger partial charge in [-0.2, -0.15) is 0 Å². The molecule has 1 aromatic carbocycles. The molecule has 1 amide bonds. The number of hydrogen-bond donors (Lipinski definition) is 2. The lowest BCUT2D eigenvalue weighted by Gasteiger charge is -2.17. The van der Waals surface area contributed by atoms with Crippen molar-refractivity contribution in [2.75, 3.05) is 6.54 Å². The molecule has 1 aromatic rings. The van der Waals surface area contributed by atoms with Crippen LogP contribution in [0, 0.1) is 0 Å². The van der Waals surface area contributed by atoms with Crippen LogP contribution >= 0.6 is 0 Å². The molecule has 0 spiro atoms. The van der Waals surface area contributed by atoms with Gasteiger partial charge in [-0.25, -0.2) is 0 Å². The van der Waals surface area contributed by atoms with Crippen LogP contribution in [0.15, 0.2) is 30.3 Å². The Hall–Kier alpha value is -1.55. The number of hydrogen-bond acceptors (Lipinski definition) is 3. The van der Waals surface area contributed by atoms with E-state index >= 15 is 0 Å². The largest absolute Gasteiger partial charge is 0.481 e. The smallest absolute Gasteiger partial charge is 0.261 e. The van der Waals surface area contributed by atoms with Gasteiger partial charge in [0, 0.05) is 6.54 Å². The van der Waals surface area contributed by atoms with E-state index in [1.54, 1.807) is 6.92 Å². The average molecular weight is 265 g/mol. The SMILES string of the molecule is CCC(Oc1ccccc1)C(=O)NCCCC(C)O. The zero-order chi connectivity index (χ0) is 14.1. The van der Waals surface area contributed by atoms with Gasteiger partial charge in [0.1, 0.15) is 5.75 Å². The molecule has 0 aromatic heterocycles. The summed E-state index contributed by atoms with van der Waals surface area (Å²) >= 11 is 0. The van der Waals surface area contributed by atoms with Gasteiger partial charge in [-0.15, -0.1) is 0 Å². The van der Waals surface area contributed by atoms with Gasteiger partial charge in [0.25, 0.3) is 5.91 Å². The minimum absolute atomic E-state index is 0.100. The van der Waals surface area contributed by atoms with Crippen LogP contribution in [0.3, 0.4) is 0 Å². The number of ether oxygens (including phenoxy) is 1. The van der Waals surface area contributed by atoms with Crippen molar-refractivity contribution in [3.05, 3.63) is 30.3 Å². The Morgan fingerprint density at radius 3 is 2.63 bits per heavy atom. The summed E-state index contributed by atoms with van der Waals surface area (Å²) in [6.45, 7) is 4.23. The van der Waals surface area contributed by atoms with Crippen molar-refractivity contribution in [1.82, 2.24) is 5.32 Å². The number of aliphatic hydroxyl groups is 1. The van der Waals surface area contributed by atoms with Crippen molar-refractivity contribution in [3.8, 4) is 5.75 Å². The number of carbonyl (C=O) groups is 1. The molecule has 0 fully saturated rings. The fourth-order valence-electron chi connectivity index (χ4n) is 1.71. The zero-order valence-corrected chi connectivity index (χ0v) is 11.6. The Balaban J connectivity index is 2.35. The van der Waals surface area contributed by atoms with Crippen LogP contribution in [0.25, 0.3) is 0 Å². The van der Waals surface area contributed by atoms with Crippen LogP contribution in [-0.4, -0.2) is 29.8 Å². The van der Waals surface area contributed by atoms with Crippen LogP contribution < -0.4 is 10.1 Å². The summed E-state index contributed by atoms with van der Waals surface area (Å²) in [5.41, 5.74) is 0. The van der Waals surface area contributed by atoms with Crippen molar-refractivity contribution < 1.29 is 14.6 Å². The molecule has 0 aliphatic heterocycles. The van der Waals surface area contributed by atoms with Gasteiger partial charge < -0.3 is 15.2 Å². The lowest BCUT2D eigenvalue weighted by Crippen LogP contribution is -2.38. The number of rotatable bonds is 8. The monoisotopic (exact) mass is 265 g/mol. The summed E-state index contributed by atoms with van der Waals surface area (Å²) in [6.07, 6.45) is 1.30. The molecule has 0 radical (unpaired) electrons. The highest BCUT2D eigenvalue weighted by molar-refractivity contribution is 5.81. The molecule has 0 heterocycles. The molecular formula is C15H23NO3. The van der Waals surface area contributed by atoms with Gasteiger partial charge in [0.15, 0.2) is 6.10 Å². The van der Waals surface area contributed by atoms with E-state index in [4.69, 9.17) is 9.84 Å². The minimum atomic E-state index is -0.464. The average Bonchev–Trinajstić information content (AvgIpc) is 2.41. The quantitative estimate of drug-likeness (QED) is 0.708. The van der Waals surface area contributed by atoms with E-state index in [2.05, 4.69) is 5.32 Å². The van der Waals surface area contributed by atoms with Gasteiger partial charge in [-0.05, 0) is 38.3 Å². The third-order valence-electron chi connectivity index (χ3n) is 2.78. The molecule has 2 unspecified atom stereocenters. The standard InChI is InChI=1S/C15H23NO3/c1-3-14(19-13-9-5-4-6-10-13)15(18)16-11-7-8-12(2)17/h4-6,9-10,12,14,17H,3,7-8,11H2,1-2H3,(H,16,18). The van der Waals surface area contributed by atoms with Crippen LogP contribution in [0.1, 0.15) is 33.1 Å². The predicted octanol–water partition coefficient (Wildman–Crippen LogP) is 2.12. The first-order chi connectivity index (χ1) is 9.13. The van der Waals surface area contributed by atoms with Crippen molar-refractivity contribution in [3.63, 3.8) is 0 Å². The first-order valence-corrected chi connectivity index (χ1v) is 6.81. The number of aliphatic hydroxyl groups excluding tert-OH is 1. The van der Waals surface area contributed by atoms with E-state index in [9.17, 15) is 4.79 Å². The second-order valence-corrected chi connectivity index (χ2v) is 4.61. The summed E-state index contributed by atoms with van der Waals surface area (Å²) in [6, 6.07) is 9.34. The van der Waals surface area contributed by atoms with E-state index < -0.39 is 6.10 Å². The van der Waals surface area contributed by atoms with Crippen LogP contribution in [0.4, 0.5) is 0 Å². The molecule has 0 saturated carbocycles. The first-order valence-electron chi connectivity index (χ1n) is 6.81. The van der Waals surface area contributed by atoms with E-state index in [0.717, 1.165) is 6.42 Å². The second-order valence-electron chi connectivity index (χ2n) is 4.61. The summed E-state index contributed by atoms with van der Waals surface area (Å²) in [5, 5.41) is 12.0. The van der Waals surface area contributed by atoms with Gasteiger partial charge in [-0.3, -0.25) is 4.79 Å². The third-order valence-corrected chi connectivity index (χ3v) is 2.78. The minimum Gasteiger partial charge on any atom is -0.481 e. The number of carbonyl (C=O) groups excluding carboxylic acids is 1. The molecule has 4 nitrogen and oxygen atoms in total. The maximum atomic E-state index is 11.9. The maximum Gasteiger partial charge on any atom is 0.261 e. The summed E-state index contributed by atoms with van der Waals surface area (Å²) in [4.78, 5) is 11.9.